The molecule has 7 heteroatoms. The number of nitrogens with zero attached hydrogens (tertiary/aromatic N) is 1. The molecule has 1 fully saturated rings. The average Bonchev–Trinajstić information content (AvgIpc) is 3.23. The number of para-hydroxylation sites is 2. The molecule has 1 N–H and O–H groups in total. The van der Waals surface area contributed by atoms with Gasteiger partial charge >= 0.3 is 5.97 Å². The second kappa shape index (κ2) is 5.68. The molecule has 1 atom stereocenters. The number of nitro groups is 1. The fourth-order valence-corrected chi connectivity index (χ4v) is 1.62. The summed E-state index contributed by atoms with van der Waals surface area (Å²) in [6.45, 7) is 1.43. The van der Waals surface area contributed by atoms with Gasteiger partial charge in [-0.2, -0.15) is 0 Å². The van der Waals surface area contributed by atoms with E-state index < -0.39 is 22.9 Å². The zero-order chi connectivity index (χ0) is 14.7. The topological polar surface area (TPSA) is 98.5 Å². The van der Waals surface area contributed by atoms with E-state index in [0.717, 1.165) is 12.8 Å². The van der Waals surface area contributed by atoms with Gasteiger partial charge in [-0.3, -0.25) is 19.7 Å². The number of hydrogen-bond acceptors (Lipinski definition) is 5. The minimum atomic E-state index is -0.983. The van der Waals surface area contributed by atoms with Gasteiger partial charge in [-0.1, -0.05) is 12.1 Å². The molecule has 1 aliphatic rings. The normalized spacial score (nSPS) is 15.2. The van der Waals surface area contributed by atoms with E-state index in [1.165, 1.54) is 25.1 Å². The van der Waals surface area contributed by atoms with E-state index >= 15 is 0 Å². The first kappa shape index (κ1) is 14.0. The van der Waals surface area contributed by atoms with Gasteiger partial charge in [0.2, 0.25) is 0 Å². The molecule has 1 unspecified atom stereocenters. The Balaban J connectivity index is 2.00. The lowest BCUT2D eigenvalue weighted by Gasteiger charge is -2.13. The van der Waals surface area contributed by atoms with Gasteiger partial charge in [0.1, 0.15) is 5.69 Å². The van der Waals surface area contributed by atoms with Crippen molar-refractivity contribution in [1.82, 2.24) is 0 Å². The number of ether oxygens (including phenoxy) is 1. The van der Waals surface area contributed by atoms with Crippen LogP contribution < -0.4 is 5.32 Å². The monoisotopic (exact) mass is 278 g/mol. The van der Waals surface area contributed by atoms with E-state index in [4.69, 9.17) is 4.74 Å². The van der Waals surface area contributed by atoms with E-state index in [1.807, 2.05) is 0 Å². The summed E-state index contributed by atoms with van der Waals surface area (Å²) >= 11 is 0. The Bertz CT molecular complexity index is 553. The Morgan fingerprint density at radius 1 is 1.40 bits per heavy atom. The number of amides is 1. The summed E-state index contributed by atoms with van der Waals surface area (Å²) in [5, 5.41) is 13.2. The molecule has 0 bridgehead atoms. The molecule has 1 aliphatic carbocycles. The van der Waals surface area contributed by atoms with Crippen LogP contribution in [0.1, 0.15) is 19.8 Å². The van der Waals surface area contributed by atoms with Crippen LogP contribution in [0.2, 0.25) is 0 Å². The highest BCUT2D eigenvalue weighted by molar-refractivity contribution is 5.97. The number of esters is 1. The van der Waals surface area contributed by atoms with Crippen molar-refractivity contribution in [2.75, 3.05) is 5.32 Å². The minimum Gasteiger partial charge on any atom is -0.452 e. The van der Waals surface area contributed by atoms with E-state index in [0.29, 0.717) is 0 Å². The summed E-state index contributed by atoms with van der Waals surface area (Å²) in [6.07, 6.45) is 0.595. The van der Waals surface area contributed by atoms with Crippen LogP contribution in [0.5, 0.6) is 0 Å². The molecule has 0 aliphatic heterocycles. The predicted molar refractivity (Wildman–Crippen MR) is 70.0 cm³/mol. The Morgan fingerprint density at radius 2 is 2.05 bits per heavy atom. The van der Waals surface area contributed by atoms with E-state index in [2.05, 4.69) is 5.32 Å². The maximum atomic E-state index is 11.9. The number of carbonyl (C=O) groups excluding carboxylic acids is 2. The highest BCUT2D eigenvalue weighted by atomic mass is 16.6. The molecular formula is C13H14N2O5. The summed E-state index contributed by atoms with van der Waals surface area (Å²) in [5.74, 6) is -1.08. The lowest BCUT2D eigenvalue weighted by Crippen LogP contribution is -2.30. The van der Waals surface area contributed by atoms with Gasteiger partial charge in [0, 0.05) is 6.07 Å². The summed E-state index contributed by atoms with van der Waals surface area (Å²) in [4.78, 5) is 33.5. The van der Waals surface area contributed by atoms with Crippen LogP contribution in [0.15, 0.2) is 24.3 Å². The Hall–Kier alpha value is -2.44. The summed E-state index contributed by atoms with van der Waals surface area (Å²) < 4.78 is 4.99. The van der Waals surface area contributed by atoms with Crippen molar-refractivity contribution in [3.05, 3.63) is 34.4 Å². The average molecular weight is 278 g/mol. The largest absolute Gasteiger partial charge is 0.452 e. The van der Waals surface area contributed by atoms with Crippen LogP contribution in [0.3, 0.4) is 0 Å². The summed E-state index contributed by atoms with van der Waals surface area (Å²) in [5.41, 5.74) is -0.126. The lowest BCUT2D eigenvalue weighted by molar-refractivity contribution is -0.383. The van der Waals surface area contributed by atoms with Gasteiger partial charge in [-0.25, -0.2) is 0 Å². The van der Waals surface area contributed by atoms with E-state index in [-0.39, 0.29) is 17.3 Å². The number of nitrogens with one attached hydrogen (secondary N) is 1. The van der Waals surface area contributed by atoms with Crippen molar-refractivity contribution >= 4 is 23.3 Å². The third-order valence-electron chi connectivity index (χ3n) is 2.93. The molecule has 1 saturated carbocycles. The zero-order valence-corrected chi connectivity index (χ0v) is 10.9. The number of hydrogen-bond donors (Lipinski definition) is 1. The molecule has 1 aromatic rings. The van der Waals surface area contributed by atoms with Crippen molar-refractivity contribution in [3.63, 3.8) is 0 Å². The Kier molecular flexibility index (Phi) is 3.97. The maximum absolute atomic E-state index is 11.9. The quantitative estimate of drug-likeness (QED) is 0.503. The zero-order valence-electron chi connectivity index (χ0n) is 10.9. The van der Waals surface area contributed by atoms with Crippen LogP contribution in [0.25, 0.3) is 0 Å². The smallest absolute Gasteiger partial charge is 0.309 e. The van der Waals surface area contributed by atoms with Crippen molar-refractivity contribution in [2.24, 2.45) is 5.92 Å². The van der Waals surface area contributed by atoms with Gasteiger partial charge in [-0.15, -0.1) is 0 Å². The van der Waals surface area contributed by atoms with Crippen LogP contribution in [-0.4, -0.2) is 22.9 Å². The van der Waals surface area contributed by atoms with Crippen LogP contribution in [-0.2, 0) is 14.3 Å². The standard InChI is InChI=1S/C13H14N2O5/c1-8(20-13(17)9-6-7-9)12(16)14-10-4-2-3-5-11(10)15(18)19/h2-5,8-9H,6-7H2,1H3,(H,14,16). The van der Waals surface area contributed by atoms with Crippen LogP contribution in [0, 0.1) is 16.0 Å². The van der Waals surface area contributed by atoms with E-state index in [9.17, 15) is 19.7 Å². The molecule has 0 spiro atoms. The minimum absolute atomic E-state index is 0.0804. The molecular weight excluding hydrogens is 264 g/mol. The molecule has 106 valence electrons. The van der Waals surface area contributed by atoms with Gasteiger partial charge in [-0.05, 0) is 25.8 Å². The number of rotatable bonds is 5. The summed E-state index contributed by atoms with van der Waals surface area (Å²) in [6, 6.07) is 5.79. The Morgan fingerprint density at radius 3 is 2.65 bits per heavy atom. The van der Waals surface area contributed by atoms with E-state index in [1.54, 1.807) is 6.07 Å². The third kappa shape index (κ3) is 3.31. The summed E-state index contributed by atoms with van der Waals surface area (Å²) in [7, 11) is 0. The Labute approximate surface area is 115 Å². The SMILES string of the molecule is CC(OC(=O)C1CC1)C(=O)Nc1ccccc1[N+](=O)[O-]. The maximum Gasteiger partial charge on any atom is 0.309 e. The molecule has 0 saturated heterocycles. The third-order valence-corrected chi connectivity index (χ3v) is 2.93. The van der Waals surface area contributed by atoms with Crippen LogP contribution >= 0.6 is 0 Å². The lowest BCUT2D eigenvalue weighted by atomic mass is 10.2. The van der Waals surface area contributed by atoms with Crippen molar-refractivity contribution in [2.45, 2.75) is 25.9 Å². The molecule has 0 aromatic heterocycles. The van der Waals surface area contributed by atoms with Gasteiger partial charge in [0.25, 0.3) is 11.6 Å². The highest BCUT2D eigenvalue weighted by Gasteiger charge is 2.33. The molecule has 1 amide bonds. The number of anilines is 1. The fourth-order valence-electron chi connectivity index (χ4n) is 1.62. The van der Waals surface area contributed by atoms with Gasteiger partial charge in [0.15, 0.2) is 6.10 Å². The molecule has 0 radical (unpaired) electrons. The predicted octanol–water partition coefficient (Wildman–Crippen LogP) is 1.88. The number of nitro benzene ring substituents is 1. The van der Waals surface area contributed by atoms with Crippen molar-refractivity contribution < 1.29 is 19.2 Å². The first-order chi connectivity index (χ1) is 9.49. The van der Waals surface area contributed by atoms with Crippen molar-refractivity contribution in [3.8, 4) is 0 Å². The molecule has 7 nitrogen and oxygen atoms in total. The van der Waals surface area contributed by atoms with Crippen molar-refractivity contribution in [1.29, 1.82) is 0 Å². The molecule has 2 rings (SSSR count). The first-order valence-corrected chi connectivity index (χ1v) is 6.24. The second-order valence-corrected chi connectivity index (χ2v) is 4.62. The first-order valence-electron chi connectivity index (χ1n) is 6.24. The highest BCUT2D eigenvalue weighted by Crippen LogP contribution is 2.30. The van der Waals surface area contributed by atoms with Crippen LogP contribution in [0.4, 0.5) is 11.4 Å². The van der Waals surface area contributed by atoms with Gasteiger partial charge in [0.05, 0.1) is 10.8 Å². The second-order valence-electron chi connectivity index (χ2n) is 4.62. The fraction of sp³-hybridized carbons (Fsp3) is 0.385. The molecule has 0 heterocycles. The van der Waals surface area contributed by atoms with Gasteiger partial charge < -0.3 is 10.1 Å². The molecule has 1 aromatic carbocycles. The molecule has 20 heavy (non-hydrogen) atoms. The number of benzene rings is 1. The number of carbonyl (C=O) groups is 2.